The average molecular weight is 183 g/mol. The second-order valence-electron chi connectivity index (χ2n) is 4.82. The molecule has 0 aromatic rings. The Balaban J connectivity index is 2.18. The first kappa shape index (κ1) is 9.47. The third-order valence-corrected chi connectivity index (χ3v) is 4.51. The summed E-state index contributed by atoms with van der Waals surface area (Å²) in [7, 11) is 0. The van der Waals surface area contributed by atoms with E-state index in [1.54, 1.807) is 0 Å². The minimum atomic E-state index is 0.431. The van der Waals surface area contributed by atoms with Gasteiger partial charge in [-0.3, -0.25) is 0 Å². The highest BCUT2D eigenvalue weighted by atomic mass is 16.5. The maximum atomic E-state index is 5.98. The third-order valence-electron chi connectivity index (χ3n) is 4.51. The molecule has 0 atom stereocenters. The summed E-state index contributed by atoms with van der Waals surface area (Å²) in [5.41, 5.74) is 6.86. The van der Waals surface area contributed by atoms with Crippen LogP contribution in [0.15, 0.2) is 0 Å². The summed E-state index contributed by atoms with van der Waals surface area (Å²) in [6, 6.07) is 0. The van der Waals surface area contributed by atoms with Crippen molar-refractivity contribution in [3.05, 3.63) is 0 Å². The van der Waals surface area contributed by atoms with Gasteiger partial charge in [0.25, 0.3) is 0 Å². The molecule has 1 heterocycles. The van der Waals surface area contributed by atoms with Crippen LogP contribution in [-0.2, 0) is 4.74 Å². The van der Waals surface area contributed by atoms with Gasteiger partial charge in [0.05, 0.1) is 13.2 Å². The second kappa shape index (κ2) is 3.25. The predicted octanol–water partition coefficient (Wildman–Crippen LogP) is 1.93. The van der Waals surface area contributed by atoms with Gasteiger partial charge in [-0.15, -0.1) is 0 Å². The molecule has 0 radical (unpaired) electrons. The molecule has 2 N–H and O–H groups in total. The molecule has 0 aromatic carbocycles. The number of hydrogen-bond acceptors (Lipinski definition) is 2. The smallest absolute Gasteiger partial charge is 0.0550 e. The molecule has 2 aliphatic rings. The van der Waals surface area contributed by atoms with E-state index in [-0.39, 0.29) is 0 Å². The Kier molecular flexibility index (Phi) is 2.37. The maximum Gasteiger partial charge on any atom is 0.0550 e. The summed E-state index contributed by atoms with van der Waals surface area (Å²) in [4.78, 5) is 0. The lowest BCUT2D eigenvalue weighted by Crippen LogP contribution is -2.56. The Morgan fingerprint density at radius 1 is 1.15 bits per heavy atom. The molecule has 1 saturated heterocycles. The van der Waals surface area contributed by atoms with Gasteiger partial charge in [0.15, 0.2) is 0 Å². The fourth-order valence-electron chi connectivity index (χ4n) is 3.24. The van der Waals surface area contributed by atoms with Gasteiger partial charge in [-0.05, 0) is 31.2 Å². The summed E-state index contributed by atoms with van der Waals surface area (Å²) >= 11 is 0. The van der Waals surface area contributed by atoms with Crippen molar-refractivity contribution < 1.29 is 4.74 Å². The number of nitrogens with two attached hydrogens (primary N) is 1. The SMILES string of the molecule is CCC1(C2(CN)CCCC2)COC1. The second-order valence-corrected chi connectivity index (χ2v) is 4.82. The molecular formula is C11H21NO. The first-order valence-electron chi connectivity index (χ1n) is 5.56. The maximum absolute atomic E-state index is 5.98. The molecule has 0 amide bonds. The van der Waals surface area contributed by atoms with Crippen LogP contribution >= 0.6 is 0 Å². The van der Waals surface area contributed by atoms with Crippen molar-refractivity contribution in [2.75, 3.05) is 19.8 Å². The van der Waals surface area contributed by atoms with E-state index in [1.165, 1.54) is 32.1 Å². The highest BCUT2D eigenvalue weighted by molar-refractivity contribution is 5.04. The summed E-state index contributed by atoms with van der Waals surface area (Å²) in [6.45, 7) is 5.07. The lowest BCUT2D eigenvalue weighted by atomic mass is 9.59. The molecule has 1 aliphatic carbocycles. The zero-order chi connectivity index (χ0) is 9.36. The van der Waals surface area contributed by atoms with Gasteiger partial charge in [-0.25, -0.2) is 0 Å². The Hall–Kier alpha value is -0.0800. The first-order valence-corrected chi connectivity index (χ1v) is 5.56. The molecule has 0 aromatic heterocycles. The molecule has 2 fully saturated rings. The quantitative estimate of drug-likeness (QED) is 0.725. The lowest BCUT2D eigenvalue weighted by Gasteiger charge is -2.53. The first-order chi connectivity index (χ1) is 6.29. The standard InChI is InChI=1S/C11H21NO/c1-2-10(8-13-9-10)11(7-12)5-3-4-6-11/h2-9,12H2,1H3. The molecule has 0 spiro atoms. The van der Waals surface area contributed by atoms with Crippen LogP contribution in [0.25, 0.3) is 0 Å². The van der Waals surface area contributed by atoms with Crippen LogP contribution in [0.3, 0.4) is 0 Å². The molecule has 0 bridgehead atoms. The summed E-state index contributed by atoms with van der Waals surface area (Å²) in [6.07, 6.45) is 6.66. The van der Waals surface area contributed by atoms with Crippen molar-refractivity contribution in [3.63, 3.8) is 0 Å². The van der Waals surface area contributed by atoms with Crippen LogP contribution in [0.2, 0.25) is 0 Å². The van der Waals surface area contributed by atoms with Crippen LogP contribution in [0, 0.1) is 10.8 Å². The Labute approximate surface area is 80.8 Å². The average Bonchev–Trinajstić information content (AvgIpc) is 2.53. The Morgan fingerprint density at radius 3 is 2.08 bits per heavy atom. The van der Waals surface area contributed by atoms with Crippen LogP contribution in [-0.4, -0.2) is 19.8 Å². The van der Waals surface area contributed by atoms with E-state index in [0.717, 1.165) is 19.8 Å². The molecule has 2 heteroatoms. The van der Waals surface area contributed by atoms with Crippen molar-refractivity contribution in [3.8, 4) is 0 Å². The molecule has 1 aliphatic heterocycles. The van der Waals surface area contributed by atoms with Crippen molar-refractivity contribution in [1.82, 2.24) is 0 Å². The van der Waals surface area contributed by atoms with Gasteiger partial charge >= 0.3 is 0 Å². The van der Waals surface area contributed by atoms with Crippen molar-refractivity contribution in [2.45, 2.75) is 39.0 Å². The highest BCUT2D eigenvalue weighted by Crippen LogP contribution is 2.56. The van der Waals surface area contributed by atoms with E-state index in [1.807, 2.05) is 0 Å². The molecule has 76 valence electrons. The fourth-order valence-corrected chi connectivity index (χ4v) is 3.24. The van der Waals surface area contributed by atoms with Gasteiger partial charge in [0.1, 0.15) is 0 Å². The minimum absolute atomic E-state index is 0.431. The van der Waals surface area contributed by atoms with E-state index in [0.29, 0.717) is 10.8 Å². The number of hydrogen-bond donors (Lipinski definition) is 1. The van der Waals surface area contributed by atoms with E-state index in [2.05, 4.69) is 6.92 Å². The topological polar surface area (TPSA) is 35.2 Å². The molecular weight excluding hydrogens is 162 g/mol. The summed E-state index contributed by atoms with van der Waals surface area (Å²) in [5.74, 6) is 0. The van der Waals surface area contributed by atoms with Crippen molar-refractivity contribution in [1.29, 1.82) is 0 Å². The Morgan fingerprint density at radius 2 is 1.77 bits per heavy atom. The van der Waals surface area contributed by atoms with E-state index >= 15 is 0 Å². The minimum Gasteiger partial charge on any atom is -0.380 e. The molecule has 2 rings (SSSR count). The van der Waals surface area contributed by atoms with Gasteiger partial charge in [0, 0.05) is 5.41 Å². The monoisotopic (exact) mass is 183 g/mol. The van der Waals surface area contributed by atoms with Crippen LogP contribution in [0.1, 0.15) is 39.0 Å². The van der Waals surface area contributed by atoms with Crippen LogP contribution < -0.4 is 5.73 Å². The van der Waals surface area contributed by atoms with Gasteiger partial charge in [-0.1, -0.05) is 19.8 Å². The van der Waals surface area contributed by atoms with E-state index < -0.39 is 0 Å². The molecule has 13 heavy (non-hydrogen) atoms. The van der Waals surface area contributed by atoms with Crippen LogP contribution in [0.4, 0.5) is 0 Å². The summed E-state index contributed by atoms with van der Waals surface area (Å²) in [5, 5.41) is 0. The van der Waals surface area contributed by atoms with Crippen LogP contribution in [0.5, 0.6) is 0 Å². The largest absolute Gasteiger partial charge is 0.380 e. The van der Waals surface area contributed by atoms with Gasteiger partial charge < -0.3 is 10.5 Å². The molecule has 1 saturated carbocycles. The third kappa shape index (κ3) is 1.15. The molecule has 2 nitrogen and oxygen atoms in total. The van der Waals surface area contributed by atoms with E-state index in [4.69, 9.17) is 10.5 Å². The lowest BCUT2D eigenvalue weighted by molar-refractivity contribution is -0.183. The van der Waals surface area contributed by atoms with Gasteiger partial charge in [-0.2, -0.15) is 0 Å². The van der Waals surface area contributed by atoms with Gasteiger partial charge in [0.2, 0.25) is 0 Å². The van der Waals surface area contributed by atoms with Crippen molar-refractivity contribution in [2.24, 2.45) is 16.6 Å². The normalized spacial score (nSPS) is 30.0. The van der Waals surface area contributed by atoms with Crippen molar-refractivity contribution >= 4 is 0 Å². The molecule has 0 unspecified atom stereocenters. The fraction of sp³-hybridized carbons (Fsp3) is 1.00. The Bertz CT molecular complexity index is 175. The number of ether oxygens (including phenoxy) is 1. The number of rotatable bonds is 3. The van der Waals surface area contributed by atoms with E-state index in [9.17, 15) is 0 Å². The summed E-state index contributed by atoms with van der Waals surface area (Å²) < 4.78 is 5.41. The zero-order valence-corrected chi connectivity index (χ0v) is 8.64. The predicted molar refractivity (Wildman–Crippen MR) is 53.5 cm³/mol. The zero-order valence-electron chi connectivity index (χ0n) is 8.64. The highest BCUT2D eigenvalue weighted by Gasteiger charge is 2.54.